The fourth-order valence-electron chi connectivity index (χ4n) is 2.90. The van der Waals surface area contributed by atoms with Gasteiger partial charge >= 0.3 is 0 Å². The number of hydrogen-bond acceptors (Lipinski definition) is 0. The van der Waals surface area contributed by atoms with Crippen molar-refractivity contribution in [1.82, 2.24) is 0 Å². The van der Waals surface area contributed by atoms with Crippen LogP contribution in [0.5, 0.6) is 0 Å². The summed E-state index contributed by atoms with van der Waals surface area (Å²) < 4.78 is 0. The van der Waals surface area contributed by atoms with E-state index in [2.05, 4.69) is 62.4 Å². The molecule has 0 bridgehead atoms. The molecule has 0 heterocycles. The minimum Gasteiger partial charge on any atom is -0.119 e. The molecule has 0 N–H and O–H groups in total. The molecule has 17 heavy (non-hydrogen) atoms. The van der Waals surface area contributed by atoms with E-state index < -0.39 is 0 Å². The van der Waals surface area contributed by atoms with Gasteiger partial charge in [0.05, 0.1) is 0 Å². The molecule has 0 aliphatic heterocycles. The van der Waals surface area contributed by atoms with Crippen LogP contribution in [0.15, 0.2) is 48.5 Å². The van der Waals surface area contributed by atoms with Crippen molar-refractivity contribution in [2.75, 3.05) is 0 Å². The van der Waals surface area contributed by atoms with Crippen LogP contribution in [0.2, 0.25) is 0 Å². The fourth-order valence-corrected chi connectivity index (χ4v) is 3.13. The topological polar surface area (TPSA) is 0 Å². The monoisotopic (exact) mass is 242 g/mol. The summed E-state index contributed by atoms with van der Waals surface area (Å²) in [5.74, 6) is 0.288. The van der Waals surface area contributed by atoms with E-state index in [-0.39, 0.29) is 10.8 Å². The summed E-state index contributed by atoms with van der Waals surface area (Å²) >= 11 is 6.59. The van der Waals surface area contributed by atoms with Gasteiger partial charge in [0, 0.05) is 10.8 Å². The third kappa shape index (κ3) is 1.59. The number of alkyl halides is 1. The van der Waals surface area contributed by atoms with Crippen molar-refractivity contribution in [3.8, 4) is 11.1 Å². The number of hydrogen-bond donors (Lipinski definition) is 0. The second-order valence-electron chi connectivity index (χ2n) is 5.17. The van der Waals surface area contributed by atoms with Crippen molar-refractivity contribution in [3.63, 3.8) is 0 Å². The second-order valence-corrected chi connectivity index (χ2v) is 6.15. The Morgan fingerprint density at radius 2 is 1.24 bits per heavy atom. The molecule has 2 aromatic carbocycles. The Labute approximate surface area is 107 Å². The first kappa shape index (κ1) is 10.9. The number of halogens is 1. The quantitative estimate of drug-likeness (QED) is 0.629. The first-order chi connectivity index (χ1) is 8.09. The summed E-state index contributed by atoms with van der Waals surface area (Å²) in [6.45, 7) is 4.19. The summed E-state index contributed by atoms with van der Waals surface area (Å²) in [4.78, 5) is -0.261. The SMILES string of the molecule is CC(C)(Cl)C1c2ccccc2-c2ccccc21. The Bertz CT molecular complexity index is 518. The second kappa shape index (κ2) is 3.61. The third-order valence-electron chi connectivity index (χ3n) is 3.52. The summed E-state index contributed by atoms with van der Waals surface area (Å²) in [6.07, 6.45) is 0. The summed E-state index contributed by atoms with van der Waals surface area (Å²) in [5.41, 5.74) is 5.38. The van der Waals surface area contributed by atoms with Crippen LogP contribution in [0.3, 0.4) is 0 Å². The van der Waals surface area contributed by atoms with Crippen LogP contribution in [-0.2, 0) is 0 Å². The molecular formula is C16H15Cl. The molecule has 0 aromatic heterocycles. The predicted molar refractivity (Wildman–Crippen MR) is 73.7 cm³/mol. The Hall–Kier alpha value is -1.27. The lowest BCUT2D eigenvalue weighted by atomic mass is 9.86. The average molecular weight is 243 g/mol. The smallest absolute Gasteiger partial charge is 0.0499 e. The van der Waals surface area contributed by atoms with Gasteiger partial charge in [-0.25, -0.2) is 0 Å². The molecule has 0 fully saturated rings. The zero-order chi connectivity index (χ0) is 12.0. The van der Waals surface area contributed by atoms with Crippen molar-refractivity contribution in [1.29, 1.82) is 0 Å². The van der Waals surface area contributed by atoms with Crippen LogP contribution in [-0.4, -0.2) is 4.87 Å². The van der Waals surface area contributed by atoms with E-state index in [0.29, 0.717) is 0 Å². The number of benzene rings is 2. The fraction of sp³-hybridized carbons (Fsp3) is 0.250. The molecule has 2 aromatic rings. The molecule has 0 atom stereocenters. The summed E-state index contributed by atoms with van der Waals surface area (Å²) in [7, 11) is 0. The van der Waals surface area contributed by atoms with Gasteiger partial charge in [0.15, 0.2) is 0 Å². The highest BCUT2D eigenvalue weighted by atomic mass is 35.5. The van der Waals surface area contributed by atoms with Crippen LogP contribution >= 0.6 is 11.6 Å². The first-order valence-corrected chi connectivity index (χ1v) is 6.34. The number of fused-ring (bicyclic) bond motifs is 3. The van der Waals surface area contributed by atoms with Crippen LogP contribution in [0, 0.1) is 0 Å². The van der Waals surface area contributed by atoms with Gasteiger partial charge in [-0.05, 0) is 36.1 Å². The van der Waals surface area contributed by atoms with E-state index in [9.17, 15) is 0 Å². The first-order valence-electron chi connectivity index (χ1n) is 5.96. The van der Waals surface area contributed by atoms with Gasteiger partial charge in [-0.3, -0.25) is 0 Å². The van der Waals surface area contributed by atoms with Gasteiger partial charge in [0.25, 0.3) is 0 Å². The highest BCUT2D eigenvalue weighted by Crippen LogP contribution is 2.51. The highest BCUT2D eigenvalue weighted by molar-refractivity contribution is 6.24. The lowest BCUT2D eigenvalue weighted by Gasteiger charge is -2.26. The molecule has 3 rings (SSSR count). The Kier molecular flexibility index (Phi) is 2.31. The molecule has 1 aliphatic carbocycles. The van der Waals surface area contributed by atoms with Crippen molar-refractivity contribution in [2.45, 2.75) is 24.6 Å². The number of rotatable bonds is 1. The van der Waals surface area contributed by atoms with Crippen LogP contribution in [0.4, 0.5) is 0 Å². The molecule has 0 radical (unpaired) electrons. The maximum Gasteiger partial charge on any atom is 0.0499 e. The Morgan fingerprint density at radius 3 is 1.65 bits per heavy atom. The van der Waals surface area contributed by atoms with E-state index in [1.807, 2.05) is 0 Å². The maximum absolute atomic E-state index is 6.59. The lowest BCUT2D eigenvalue weighted by Crippen LogP contribution is -2.21. The minimum absolute atomic E-state index is 0.261. The van der Waals surface area contributed by atoms with Gasteiger partial charge < -0.3 is 0 Å². The Balaban J connectivity index is 2.31. The third-order valence-corrected chi connectivity index (χ3v) is 3.74. The molecule has 1 heteroatoms. The summed E-state index contributed by atoms with van der Waals surface area (Å²) in [5, 5.41) is 0. The largest absolute Gasteiger partial charge is 0.119 e. The van der Waals surface area contributed by atoms with Crippen molar-refractivity contribution < 1.29 is 0 Å². The minimum atomic E-state index is -0.261. The zero-order valence-corrected chi connectivity index (χ0v) is 10.8. The van der Waals surface area contributed by atoms with Crippen molar-refractivity contribution in [2.24, 2.45) is 0 Å². The molecule has 0 spiro atoms. The van der Waals surface area contributed by atoms with E-state index in [4.69, 9.17) is 11.6 Å². The average Bonchev–Trinajstić information content (AvgIpc) is 2.63. The van der Waals surface area contributed by atoms with Gasteiger partial charge in [-0.15, -0.1) is 11.6 Å². The molecule has 0 nitrogen and oxygen atoms in total. The summed E-state index contributed by atoms with van der Waals surface area (Å²) in [6, 6.07) is 17.2. The Morgan fingerprint density at radius 1 is 0.824 bits per heavy atom. The molecule has 86 valence electrons. The molecule has 0 unspecified atom stereocenters. The predicted octanol–water partition coefficient (Wildman–Crippen LogP) is 4.82. The van der Waals surface area contributed by atoms with E-state index in [0.717, 1.165) is 0 Å². The van der Waals surface area contributed by atoms with Crippen LogP contribution in [0.1, 0.15) is 30.9 Å². The molecular weight excluding hydrogens is 228 g/mol. The molecule has 1 aliphatic rings. The zero-order valence-electron chi connectivity index (χ0n) is 10.1. The van der Waals surface area contributed by atoms with Crippen LogP contribution in [0.25, 0.3) is 11.1 Å². The van der Waals surface area contributed by atoms with Crippen molar-refractivity contribution >= 4 is 11.6 Å². The van der Waals surface area contributed by atoms with Crippen LogP contribution < -0.4 is 0 Å². The molecule has 0 amide bonds. The van der Waals surface area contributed by atoms with E-state index >= 15 is 0 Å². The van der Waals surface area contributed by atoms with Gasteiger partial charge in [-0.1, -0.05) is 48.5 Å². The standard InChI is InChI=1S/C16H15Cl/c1-16(2,17)15-13-9-5-3-7-11(13)12-8-4-6-10-14(12)15/h3-10,15H,1-2H3. The normalized spacial score (nSPS) is 14.5. The molecule has 0 saturated heterocycles. The van der Waals surface area contributed by atoms with E-state index in [1.165, 1.54) is 22.3 Å². The van der Waals surface area contributed by atoms with Gasteiger partial charge in [0.2, 0.25) is 0 Å². The lowest BCUT2D eigenvalue weighted by molar-refractivity contribution is 0.615. The highest BCUT2D eigenvalue weighted by Gasteiger charge is 2.37. The maximum atomic E-state index is 6.59. The van der Waals surface area contributed by atoms with Gasteiger partial charge in [0.1, 0.15) is 0 Å². The van der Waals surface area contributed by atoms with Gasteiger partial charge in [-0.2, -0.15) is 0 Å². The van der Waals surface area contributed by atoms with Crippen molar-refractivity contribution in [3.05, 3.63) is 59.7 Å². The van der Waals surface area contributed by atoms with E-state index in [1.54, 1.807) is 0 Å². The molecule has 0 saturated carbocycles.